The lowest BCUT2D eigenvalue weighted by Gasteiger charge is -2.36. The minimum Gasteiger partial charge on any atom is -0.371 e. The zero-order valence-corrected chi connectivity index (χ0v) is 23.2. The van der Waals surface area contributed by atoms with E-state index in [1.54, 1.807) is 12.2 Å². The number of rotatable bonds is 11. The first-order chi connectivity index (χ1) is 18.1. The van der Waals surface area contributed by atoms with Crippen molar-refractivity contribution in [2.45, 2.75) is 45.6 Å². The van der Waals surface area contributed by atoms with Crippen LogP contribution in [0.4, 0.5) is 8.78 Å². The topological polar surface area (TPSA) is 42.0 Å². The smallest absolute Gasteiger partial charge is 0.271 e. The SMILES string of the molecule is C=C/C=C\C=C(/C)CN1CCOC(C(=O)N(CC(/C=C2\COCC(F)(F)CC3CC23)=C/C=C)CC(C)C)C1. The summed E-state index contributed by atoms with van der Waals surface area (Å²) in [7, 11) is 0. The first-order valence-corrected chi connectivity index (χ1v) is 13.7. The molecule has 2 saturated heterocycles. The van der Waals surface area contributed by atoms with Crippen molar-refractivity contribution in [1.82, 2.24) is 9.80 Å². The van der Waals surface area contributed by atoms with Crippen LogP contribution < -0.4 is 0 Å². The number of ether oxygens (including phenoxy) is 2. The van der Waals surface area contributed by atoms with Crippen LogP contribution in [0.25, 0.3) is 0 Å². The van der Waals surface area contributed by atoms with Crippen LogP contribution in [0.1, 0.15) is 33.6 Å². The van der Waals surface area contributed by atoms with Crippen LogP contribution in [0.15, 0.2) is 72.4 Å². The number of alkyl halides is 2. The van der Waals surface area contributed by atoms with E-state index in [2.05, 4.69) is 44.9 Å². The maximum absolute atomic E-state index is 13.9. The molecule has 2 heterocycles. The molecule has 0 N–H and O–H groups in total. The number of carbonyl (C=O) groups excluding carboxylic acids is 1. The summed E-state index contributed by atoms with van der Waals surface area (Å²) in [4.78, 5) is 17.8. The molecule has 0 aromatic carbocycles. The van der Waals surface area contributed by atoms with Gasteiger partial charge in [-0.2, -0.15) is 0 Å². The molecule has 0 bridgehead atoms. The van der Waals surface area contributed by atoms with Gasteiger partial charge in [0.2, 0.25) is 0 Å². The summed E-state index contributed by atoms with van der Waals surface area (Å²) in [6.45, 7) is 17.1. The maximum atomic E-state index is 13.9. The van der Waals surface area contributed by atoms with E-state index in [-0.39, 0.29) is 36.7 Å². The highest BCUT2D eigenvalue weighted by Crippen LogP contribution is 2.51. The van der Waals surface area contributed by atoms with Crippen LogP contribution in [0.3, 0.4) is 0 Å². The van der Waals surface area contributed by atoms with E-state index in [0.717, 1.165) is 30.7 Å². The van der Waals surface area contributed by atoms with Crippen LogP contribution in [-0.4, -0.2) is 80.3 Å². The molecule has 3 atom stereocenters. The van der Waals surface area contributed by atoms with Gasteiger partial charge in [-0.25, -0.2) is 8.78 Å². The van der Waals surface area contributed by atoms with Crippen LogP contribution in [0.5, 0.6) is 0 Å². The molecule has 3 fully saturated rings. The summed E-state index contributed by atoms with van der Waals surface area (Å²) >= 11 is 0. The van der Waals surface area contributed by atoms with Crippen LogP contribution in [0, 0.1) is 17.8 Å². The first-order valence-electron chi connectivity index (χ1n) is 13.7. The van der Waals surface area contributed by atoms with Gasteiger partial charge in [-0.1, -0.05) is 75.1 Å². The Morgan fingerprint density at radius 1 is 1.24 bits per heavy atom. The zero-order valence-electron chi connectivity index (χ0n) is 23.2. The van der Waals surface area contributed by atoms with E-state index in [1.807, 2.05) is 29.2 Å². The van der Waals surface area contributed by atoms with Gasteiger partial charge >= 0.3 is 0 Å². The summed E-state index contributed by atoms with van der Waals surface area (Å²) < 4.78 is 39.2. The number of morpholine rings is 1. The van der Waals surface area contributed by atoms with E-state index in [9.17, 15) is 13.6 Å². The number of allylic oxidation sites excluding steroid dienone is 6. The lowest BCUT2D eigenvalue weighted by Crippen LogP contribution is -2.52. The number of hydrogen-bond donors (Lipinski definition) is 0. The minimum atomic E-state index is -2.75. The quantitative estimate of drug-likeness (QED) is 0.327. The zero-order chi connectivity index (χ0) is 27.7. The van der Waals surface area contributed by atoms with Crippen molar-refractivity contribution in [3.63, 3.8) is 0 Å². The van der Waals surface area contributed by atoms with Crippen molar-refractivity contribution in [3.05, 3.63) is 72.4 Å². The molecule has 3 unspecified atom stereocenters. The molecule has 0 spiro atoms. The average molecular weight is 531 g/mol. The van der Waals surface area contributed by atoms with Crippen LogP contribution in [-0.2, 0) is 14.3 Å². The molecular weight excluding hydrogens is 486 g/mol. The molecule has 2 aliphatic heterocycles. The Balaban J connectivity index is 1.70. The van der Waals surface area contributed by atoms with Gasteiger partial charge in [-0.05, 0) is 42.2 Å². The third-order valence-electron chi connectivity index (χ3n) is 7.04. The monoisotopic (exact) mass is 530 g/mol. The lowest BCUT2D eigenvalue weighted by atomic mass is 10.0. The van der Waals surface area contributed by atoms with Gasteiger partial charge < -0.3 is 14.4 Å². The predicted molar refractivity (Wildman–Crippen MR) is 149 cm³/mol. The normalized spacial score (nSPS) is 27.6. The molecule has 1 amide bonds. The molecule has 3 rings (SSSR count). The van der Waals surface area contributed by atoms with Gasteiger partial charge in [-0.3, -0.25) is 9.69 Å². The second-order valence-corrected chi connectivity index (χ2v) is 11.2. The second kappa shape index (κ2) is 14.2. The number of nitrogens with zero attached hydrogens (tertiary/aromatic N) is 2. The first kappa shape index (κ1) is 30.2. The van der Waals surface area contributed by atoms with Gasteiger partial charge in [0.15, 0.2) is 0 Å². The van der Waals surface area contributed by atoms with Gasteiger partial charge in [-0.15, -0.1) is 0 Å². The summed E-state index contributed by atoms with van der Waals surface area (Å²) in [5.41, 5.74) is 3.16. The van der Waals surface area contributed by atoms with Crippen molar-refractivity contribution < 1.29 is 23.0 Å². The van der Waals surface area contributed by atoms with E-state index in [4.69, 9.17) is 9.47 Å². The van der Waals surface area contributed by atoms with Crippen molar-refractivity contribution in [1.29, 1.82) is 0 Å². The van der Waals surface area contributed by atoms with Crippen LogP contribution >= 0.6 is 0 Å². The molecule has 38 heavy (non-hydrogen) atoms. The molecule has 1 saturated carbocycles. The Labute approximate surface area is 227 Å². The predicted octanol–water partition coefficient (Wildman–Crippen LogP) is 5.59. The molecule has 7 heteroatoms. The third-order valence-corrected chi connectivity index (χ3v) is 7.04. The summed E-state index contributed by atoms with van der Waals surface area (Å²) in [6, 6.07) is 0. The molecule has 0 radical (unpaired) electrons. The minimum absolute atomic E-state index is 0.00456. The fraction of sp³-hybridized carbons (Fsp3) is 0.581. The number of carbonyl (C=O) groups is 1. The molecule has 3 aliphatic rings. The van der Waals surface area contributed by atoms with E-state index in [0.29, 0.717) is 26.2 Å². The van der Waals surface area contributed by atoms with Gasteiger partial charge in [0.1, 0.15) is 12.7 Å². The highest BCUT2D eigenvalue weighted by molar-refractivity contribution is 5.81. The molecule has 5 nitrogen and oxygen atoms in total. The van der Waals surface area contributed by atoms with Gasteiger partial charge in [0.25, 0.3) is 11.8 Å². The summed E-state index contributed by atoms with van der Waals surface area (Å²) in [6.07, 6.45) is 13.4. The van der Waals surface area contributed by atoms with Crippen molar-refractivity contribution in [2.24, 2.45) is 17.8 Å². The van der Waals surface area contributed by atoms with Crippen molar-refractivity contribution in [2.75, 3.05) is 52.5 Å². The second-order valence-electron chi connectivity index (χ2n) is 11.2. The van der Waals surface area contributed by atoms with Crippen molar-refractivity contribution >= 4 is 5.91 Å². The van der Waals surface area contributed by atoms with Gasteiger partial charge in [0, 0.05) is 39.1 Å². The highest BCUT2D eigenvalue weighted by atomic mass is 19.3. The van der Waals surface area contributed by atoms with E-state index >= 15 is 0 Å². The number of amides is 1. The van der Waals surface area contributed by atoms with E-state index < -0.39 is 18.6 Å². The number of halogens is 2. The summed E-state index contributed by atoms with van der Waals surface area (Å²) in [5, 5.41) is 0. The summed E-state index contributed by atoms with van der Waals surface area (Å²) in [5.74, 6) is -2.38. The third kappa shape index (κ3) is 9.44. The standard InChI is InChI=1S/C31H44F2N2O3/c1-6-8-9-11-24(5)18-34-12-13-38-29(20-34)30(36)35(17-23(3)4)19-25(10-7-2)14-27-21-37-22-31(32,33)16-26-15-28(26)27/h6-11,14,23,26,28-29H,1-2,12-13,15-22H2,3-5H3/b9-8-,24-11+,25-10+,27-14+. The van der Waals surface area contributed by atoms with Crippen molar-refractivity contribution in [3.8, 4) is 0 Å². The maximum Gasteiger partial charge on any atom is 0.271 e. The highest BCUT2D eigenvalue weighted by Gasteiger charge is 2.48. The number of hydrogen-bond acceptors (Lipinski definition) is 4. The Morgan fingerprint density at radius 2 is 2.03 bits per heavy atom. The Hall–Kier alpha value is -2.35. The Bertz CT molecular complexity index is 966. The average Bonchev–Trinajstić information content (AvgIpc) is 3.59. The molecule has 1 aliphatic carbocycles. The van der Waals surface area contributed by atoms with Gasteiger partial charge in [0.05, 0.1) is 13.2 Å². The molecule has 0 aromatic heterocycles. The van der Waals surface area contributed by atoms with Crippen LogP contribution in [0.2, 0.25) is 0 Å². The Kier molecular flexibility index (Phi) is 11.2. The lowest BCUT2D eigenvalue weighted by molar-refractivity contribution is -0.149. The molecule has 0 aromatic rings. The number of fused-ring (bicyclic) bond motifs is 1. The largest absolute Gasteiger partial charge is 0.371 e. The molecular formula is C31H44F2N2O3. The van der Waals surface area contributed by atoms with E-state index in [1.165, 1.54) is 5.57 Å². The fourth-order valence-electron chi connectivity index (χ4n) is 5.28. The molecule has 210 valence electrons. The Morgan fingerprint density at radius 3 is 2.74 bits per heavy atom. The fourth-order valence-corrected chi connectivity index (χ4v) is 5.28.